The van der Waals surface area contributed by atoms with Gasteiger partial charge >= 0.3 is 0 Å². The number of hydrogen-bond donors (Lipinski definition) is 1. The Bertz CT molecular complexity index is 269. The van der Waals surface area contributed by atoms with Gasteiger partial charge in [-0.2, -0.15) is 0 Å². The van der Waals surface area contributed by atoms with Gasteiger partial charge in [0, 0.05) is 12.5 Å². The number of hydrogen-bond acceptors (Lipinski definition) is 1. The summed E-state index contributed by atoms with van der Waals surface area (Å²) in [7, 11) is 0. The van der Waals surface area contributed by atoms with Gasteiger partial charge in [-0.3, -0.25) is 0 Å². The molecule has 0 aromatic heterocycles. The Hall–Kier alpha value is -0.300. The van der Waals surface area contributed by atoms with Crippen LogP contribution in [0, 0.1) is 23.2 Å². The predicted molar refractivity (Wildman–Crippen MR) is 63.6 cm³/mol. The maximum Gasteiger partial charge on any atom is 0.0494 e. The van der Waals surface area contributed by atoms with Gasteiger partial charge in [-0.1, -0.05) is 45.3 Å². The summed E-state index contributed by atoms with van der Waals surface area (Å²) in [6, 6.07) is 0. The van der Waals surface area contributed by atoms with Crippen LogP contribution in [0.4, 0.5) is 0 Å². The molecule has 0 aromatic carbocycles. The minimum atomic E-state index is 0.308. The lowest BCUT2D eigenvalue weighted by molar-refractivity contribution is 0.104. The Morgan fingerprint density at radius 1 is 1.60 bits per heavy atom. The second-order valence-electron chi connectivity index (χ2n) is 5.87. The smallest absolute Gasteiger partial charge is 0.0494 e. The van der Waals surface area contributed by atoms with E-state index in [1.807, 2.05) is 0 Å². The lowest BCUT2D eigenvalue weighted by Crippen LogP contribution is -2.35. The molecule has 0 aliphatic heterocycles. The van der Waals surface area contributed by atoms with Crippen LogP contribution in [0.15, 0.2) is 11.6 Å². The van der Waals surface area contributed by atoms with E-state index in [0.717, 1.165) is 11.8 Å². The third-order valence-corrected chi connectivity index (χ3v) is 4.92. The van der Waals surface area contributed by atoms with Crippen LogP contribution >= 0.6 is 0 Å². The zero-order valence-electron chi connectivity index (χ0n) is 10.3. The van der Waals surface area contributed by atoms with Crippen molar-refractivity contribution in [2.75, 3.05) is 6.61 Å². The second-order valence-corrected chi connectivity index (χ2v) is 5.87. The fourth-order valence-electron chi connectivity index (χ4n) is 4.01. The van der Waals surface area contributed by atoms with Crippen molar-refractivity contribution in [3.63, 3.8) is 0 Å². The van der Waals surface area contributed by atoms with E-state index in [9.17, 15) is 5.11 Å². The molecule has 1 heteroatoms. The first-order valence-electron chi connectivity index (χ1n) is 6.41. The molecule has 86 valence electrons. The standard InChI is InChI=1S/C14H24O/c1-10-5-4-8-14(3)12(10)6-7-13(14)11(2)9-15/h7,10-12,15H,4-6,8-9H2,1-3H3/t10-,11-,12+,14+/m1/s1. The summed E-state index contributed by atoms with van der Waals surface area (Å²) in [5, 5.41) is 9.32. The van der Waals surface area contributed by atoms with Crippen molar-refractivity contribution in [1.29, 1.82) is 0 Å². The third-order valence-electron chi connectivity index (χ3n) is 4.92. The molecule has 0 amide bonds. The Kier molecular flexibility index (Phi) is 2.94. The van der Waals surface area contributed by atoms with Gasteiger partial charge in [0.1, 0.15) is 0 Å². The molecule has 2 aliphatic carbocycles. The average Bonchev–Trinajstić information content (AvgIpc) is 2.56. The normalized spacial score (nSPS) is 42.3. The van der Waals surface area contributed by atoms with Crippen molar-refractivity contribution in [1.82, 2.24) is 0 Å². The molecule has 2 aliphatic rings. The predicted octanol–water partition coefficient (Wildman–Crippen LogP) is 3.39. The van der Waals surface area contributed by atoms with Gasteiger partial charge in [0.05, 0.1) is 0 Å². The van der Waals surface area contributed by atoms with Crippen molar-refractivity contribution in [2.24, 2.45) is 23.2 Å². The van der Waals surface area contributed by atoms with Crippen LogP contribution in [0.3, 0.4) is 0 Å². The van der Waals surface area contributed by atoms with Gasteiger partial charge < -0.3 is 5.11 Å². The van der Waals surface area contributed by atoms with Crippen molar-refractivity contribution in [3.05, 3.63) is 11.6 Å². The summed E-state index contributed by atoms with van der Waals surface area (Å²) in [5.41, 5.74) is 1.95. The highest BCUT2D eigenvalue weighted by Crippen LogP contribution is 2.56. The maximum absolute atomic E-state index is 9.32. The zero-order chi connectivity index (χ0) is 11.1. The van der Waals surface area contributed by atoms with Gasteiger partial charge in [-0.15, -0.1) is 0 Å². The lowest BCUT2D eigenvalue weighted by atomic mass is 9.61. The SMILES string of the molecule is C[C@H](CO)C1=CC[C@H]2[C@H](C)CCC[C@]12C. The first kappa shape index (κ1) is 11.2. The topological polar surface area (TPSA) is 20.2 Å². The molecule has 0 saturated heterocycles. The zero-order valence-corrected chi connectivity index (χ0v) is 10.3. The van der Waals surface area contributed by atoms with Gasteiger partial charge in [-0.25, -0.2) is 0 Å². The molecule has 0 unspecified atom stereocenters. The quantitative estimate of drug-likeness (QED) is 0.690. The van der Waals surface area contributed by atoms with E-state index >= 15 is 0 Å². The molecule has 4 atom stereocenters. The van der Waals surface area contributed by atoms with E-state index in [1.54, 1.807) is 5.57 Å². The Morgan fingerprint density at radius 2 is 2.33 bits per heavy atom. The monoisotopic (exact) mass is 208 g/mol. The highest BCUT2D eigenvalue weighted by molar-refractivity contribution is 5.25. The Labute approximate surface area is 93.6 Å². The van der Waals surface area contributed by atoms with Crippen molar-refractivity contribution in [3.8, 4) is 0 Å². The molecular formula is C14H24O. The first-order valence-corrected chi connectivity index (χ1v) is 6.41. The van der Waals surface area contributed by atoms with E-state index in [1.165, 1.54) is 25.7 Å². The summed E-state index contributed by atoms with van der Waals surface area (Å²) < 4.78 is 0. The minimum Gasteiger partial charge on any atom is -0.396 e. The van der Waals surface area contributed by atoms with E-state index in [-0.39, 0.29) is 0 Å². The van der Waals surface area contributed by atoms with Gasteiger partial charge in [0.15, 0.2) is 0 Å². The second kappa shape index (κ2) is 3.93. The molecular weight excluding hydrogens is 184 g/mol. The van der Waals surface area contributed by atoms with Crippen LogP contribution in [-0.2, 0) is 0 Å². The van der Waals surface area contributed by atoms with Crippen LogP contribution in [0.25, 0.3) is 0 Å². The first-order chi connectivity index (χ1) is 7.09. The number of aliphatic hydroxyl groups excluding tert-OH is 1. The van der Waals surface area contributed by atoms with Gasteiger partial charge in [-0.05, 0) is 30.1 Å². The number of rotatable bonds is 2. The fraction of sp³-hybridized carbons (Fsp3) is 0.857. The van der Waals surface area contributed by atoms with Crippen molar-refractivity contribution in [2.45, 2.75) is 46.5 Å². The highest BCUT2D eigenvalue weighted by atomic mass is 16.3. The van der Waals surface area contributed by atoms with Gasteiger partial charge in [0.2, 0.25) is 0 Å². The van der Waals surface area contributed by atoms with E-state index in [0.29, 0.717) is 17.9 Å². The summed E-state index contributed by atoms with van der Waals surface area (Å²) in [6.07, 6.45) is 7.77. The fourth-order valence-corrected chi connectivity index (χ4v) is 4.01. The summed E-state index contributed by atoms with van der Waals surface area (Å²) in [4.78, 5) is 0. The van der Waals surface area contributed by atoms with Crippen LogP contribution in [-0.4, -0.2) is 11.7 Å². The van der Waals surface area contributed by atoms with Crippen LogP contribution in [0.2, 0.25) is 0 Å². The van der Waals surface area contributed by atoms with Crippen molar-refractivity contribution >= 4 is 0 Å². The van der Waals surface area contributed by atoms with E-state index in [4.69, 9.17) is 0 Å². The third kappa shape index (κ3) is 1.65. The number of fused-ring (bicyclic) bond motifs is 1. The van der Waals surface area contributed by atoms with Crippen LogP contribution in [0.5, 0.6) is 0 Å². The highest BCUT2D eigenvalue weighted by Gasteiger charge is 2.46. The van der Waals surface area contributed by atoms with E-state index < -0.39 is 0 Å². The maximum atomic E-state index is 9.32. The van der Waals surface area contributed by atoms with Gasteiger partial charge in [0.25, 0.3) is 0 Å². The molecule has 0 heterocycles. The average molecular weight is 208 g/mol. The van der Waals surface area contributed by atoms with E-state index in [2.05, 4.69) is 26.8 Å². The molecule has 1 nitrogen and oxygen atoms in total. The Morgan fingerprint density at radius 3 is 3.00 bits per heavy atom. The van der Waals surface area contributed by atoms with Crippen molar-refractivity contribution < 1.29 is 5.11 Å². The minimum absolute atomic E-state index is 0.308. The molecule has 0 spiro atoms. The molecule has 1 fully saturated rings. The summed E-state index contributed by atoms with van der Waals surface area (Å²) in [5.74, 6) is 2.07. The lowest BCUT2D eigenvalue weighted by Gasteiger charge is -2.44. The molecule has 1 saturated carbocycles. The number of aliphatic hydroxyl groups is 1. The molecule has 0 radical (unpaired) electrons. The summed E-state index contributed by atoms with van der Waals surface area (Å²) >= 11 is 0. The van der Waals surface area contributed by atoms with Crippen LogP contribution < -0.4 is 0 Å². The number of allylic oxidation sites excluding steroid dienone is 1. The molecule has 2 rings (SSSR count). The Balaban J connectivity index is 2.22. The molecule has 1 N–H and O–H groups in total. The molecule has 0 bridgehead atoms. The largest absolute Gasteiger partial charge is 0.396 e. The summed E-state index contributed by atoms with van der Waals surface area (Å²) in [6.45, 7) is 7.31. The van der Waals surface area contributed by atoms with Crippen LogP contribution in [0.1, 0.15) is 46.5 Å². The molecule has 0 aromatic rings. The molecule has 15 heavy (non-hydrogen) atoms.